The van der Waals surface area contributed by atoms with Gasteiger partial charge in [0.15, 0.2) is 11.4 Å². The number of hydrogen-bond acceptors (Lipinski definition) is 21. The van der Waals surface area contributed by atoms with Crippen LogP contribution in [0.15, 0.2) is 100 Å². The van der Waals surface area contributed by atoms with Crippen LogP contribution in [0.4, 0.5) is 0 Å². The summed E-state index contributed by atoms with van der Waals surface area (Å²) in [6.45, 7) is 27.3. The third kappa shape index (κ3) is 31.3. The zero-order chi connectivity index (χ0) is 75.8. The normalized spacial score (nSPS) is 13.2. The van der Waals surface area contributed by atoms with Crippen LogP contribution in [0.5, 0.6) is 23.5 Å². The van der Waals surface area contributed by atoms with Gasteiger partial charge in [-0.25, -0.2) is 62.2 Å². The summed E-state index contributed by atoms with van der Waals surface area (Å²) >= 11 is 32.3. The molecule has 2 unspecified atom stereocenters. The topological polar surface area (TPSA) is 363 Å². The Kier molecular flexibility index (Phi) is 43.2. The molecule has 8 N–H and O–H groups in total. The van der Waals surface area contributed by atoms with Crippen molar-refractivity contribution in [3.63, 3.8) is 0 Å². The maximum Gasteiger partial charge on any atom is 0.271 e. The lowest BCUT2D eigenvalue weighted by Gasteiger charge is -2.22. The molecule has 5 heterocycles. The van der Waals surface area contributed by atoms with Crippen molar-refractivity contribution >= 4 is 234 Å². The van der Waals surface area contributed by atoms with Crippen LogP contribution >= 0.6 is 134 Å². The number of benzene rings is 5. The van der Waals surface area contributed by atoms with E-state index < -0.39 is 61.9 Å². The van der Waals surface area contributed by atoms with Crippen molar-refractivity contribution in [3.05, 3.63) is 155 Å². The second-order valence-corrected chi connectivity index (χ2v) is 47.3. The Morgan fingerprint density at radius 3 is 1.17 bits per heavy atom. The van der Waals surface area contributed by atoms with E-state index in [9.17, 15) is 27.6 Å². The first-order valence-electron chi connectivity index (χ1n) is 30.5. The second-order valence-electron chi connectivity index (χ2n) is 25.5. The van der Waals surface area contributed by atoms with Gasteiger partial charge in [-0.1, -0.05) is 85.1 Å². The molecule has 0 saturated heterocycles. The van der Waals surface area contributed by atoms with Crippen LogP contribution in [0.1, 0.15) is 138 Å². The molecule has 0 bridgehead atoms. The number of halogens is 6. The van der Waals surface area contributed by atoms with Crippen molar-refractivity contribution < 1.29 is 48.0 Å². The quantitative estimate of drug-likeness (QED) is 0.0194. The minimum atomic E-state index is -1.71. The molecule has 0 amide bonds. The molecular weight excluding hydrogens is 1730 g/mol. The van der Waals surface area contributed by atoms with E-state index in [2.05, 4.69) is 100 Å². The van der Waals surface area contributed by atoms with E-state index >= 15 is 0 Å². The number of aliphatic hydroxyl groups excluding tert-OH is 2. The van der Waals surface area contributed by atoms with Crippen molar-refractivity contribution in [1.29, 1.82) is 0 Å². The van der Waals surface area contributed by atoms with E-state index in [0.717, 1.165) is 0 Å². The molecule has 0 aliphatic carbocycles. The molecule has 0 aliphatic rings. The van der Waals surface area contributed by atoms with Crippen molar-refractivity contribution in [3.8, 4) is 23.5 Å². The van der Waals surface area contributed by atoms with Crippen LogP contribution in [0.2, 0.25) is 44.8 Å². The SMILES string of the molecule is C.CC(C)(C)[S@@](N)=O.COc1nc2ccc(Cl)cc2nc1C(O)OC(O)c1nc2cc(Cl)ccc2nc1OC.COc1nc2ccc(Cl)cc2nc1C=N[S@@](=O)C(C)(C)C.COc1nc2ccc(Cl)cc2nc1[C@H](C)N[S@@](=O)C(C)(C)C.C[C@H](N)c1nc2cc(Cl)ccc2[nH]c1=O.C[Si](C)(C)I.S.S.S.S.[HH]. The average Bonchev–Trinajstić information content (AvgIpc) is 0.803. The largest absolute Gasteiger partial charge is 0.480 e. The van der Waals surface area contributed by atoms with Crippen molar-refractivity contribution in [2.45, 2.75) is 142 Å². The molecule has 7 atom stereocenters. The first kappa shape index (κ1) is 101. The standard InChI is InChI=1S/C20H16Cl2N4O5.C15H20ClN3O2S.C14H16ClN3O2S.C10H10ClN3O.C4H11NOS.C3H9ISi.CH4.4H2S.H2/c1-29-17-15(23-13-7-9(21)3-5-11(13)25-17)19(27)31-20(28)16-18(30-2)26-12-6-4-10(22)8-14(12)24-16;1-9(19-22(20)15(2,3)4)13-14(21-5)18-11-7-6-10(16)8-12(11)17-13;1-14(2,3)21(19)16-8-12-13(20-4)18-10-6-5-9(15)7-11(10)17-12;1-5(12)9-10(15)14-7-3-2-6(11)4-8(7)13-9;1-4(2,3)7(5)6;1-5(2,3)4;;;;;;/h3-8,19-20,27-28H,1-2H3;6-9,19H,1-5H3;5-8H,1-4H3;2-5H,12H2,1H3,(H,14,15);5H2,1-3H3;1-3H3;1H4;4*1H2;1H/t;9-,22-;21-;5-;7-;;;;;;;/m.0000......./s1. The number of fused-ring (bicyclic) bond motifs is 5. The summed E-state index contributed by atoms with van der Waals surface area (Å²) in [4.78, 5) is 53.4. The number of aliphatic hydroxyl groups is 2. The molecule has 106 heavy (non-hydrogen) atoms. The van der Waals surface area contributed by atoms with Gasteiger partial charge < -0.3 is 44.6 Å². The van der Waals surface area contributed by atoms with E-state index in [1.54, 1.807) is 105 Å². The minimum Gasteiger partial charge on any atom is -0.480 e. The molecule has 0 spiro atoms. The van der Waals surface area contributed by atoms with Gasteiger partial charge in [0.25, 0.3) is 5.56 Å². The van der Waals surface area contributed by atoms with Gasteiger partial charge in [0.05, 0.1) is 132 Å². The van der Waals surface area contributed by atoms with E-state index in [0.29, 0.717) is 109 Å². The molecule has 0 radical (unpaired) electrons. The Morgan fingerprint density at radius 1 is 0.528 bits per heavy atom. The van der Waals surface area contributed by atoms with Gasteiger partial charge in [-0.3, -0.25) is 9.93 Å². The summed E-state index contributed by atoms with van der Waals surface area (Å²) in [6, 6.07) is 24.8. The summed E-state index contributed by atoms with van der Waals surface area (Å²) in [6.07, 6.45) is -1.99. The first-order valence-corrected chi connectivity index (χ1v) is 42.4. The molecule has 0 saturated carbocycles. The molecule has 5 aromatic carbocycles. The maximum atomic E-state index is 12.3. The number of aromatic nitrogens is 10. The van der Waals surface area contributed by atoms with Crippen molar-refractivity contribution in [1.82, 2.24) is 54.6 Å². The number of nitrogens with zero attached hydrogens (tertiary/aromatic N) is 10. The average molecular weight is 1830 g/mol. The van der Waals surface area contributed by atoms with Crippen molar-refractivity contribution in [2.75, 3.05) is 28.4 Å². The Bertz CT molecular complexity index is 4630. The zero-order valence-corrected chi connectivity index (χ0v) is 74.1. The predicted octanol–water partition coefficient (Wildman–Crippen LogP) is 15.8. The fourth-order valence-corrected chi connectivity index (χ4v) is 9.80. The van der Waals surface area contributed by atoms with Gasteiger partial charge in [-0.15, -0.1) is 21.8 Å². The van der Waals surface area contributed by atoms with E-state index in [1.165, 1.54) is 27.5 Å². The molecule has 25 nitrogen and oxygen atoms in total. The highest BCUT2D eigenvalue weighted by Crippen LogP contribution is 2.34. The third-order valence-corrected chi connectivity index (χ3v) is 18.1. The summed E-state index contributed by atoms with van der Waals surface area (Å²) in [7, 11) is 2.03. The van der Waals surface area contributed by atoms with Crippen LogP contribution in [0, 0.1) is 0 Å². The lowest BCUT2D eigenvalue weighted by molar-refractivity contribution is -0.219. The summed E-state index contributed by atoms with van der Waals surface area (Å²) in [5, 5.41) is 28.9. The number of H-pyrrole nitrogens is 1. The molecule has 5 aromatic heterocycles. The number of nitrogens with one attached hydrogen (secondary N) is 2. The number of hydrogen-bond donors (Lipinski definition) is 6. The molecule has 0 fully saturated rings. The zero-order valence-electron chi connectivity index (χ0n) is 60.7. The summed E-state index contributed by atoms with van der Waals surface area (Å²) in [5.41, 5.74) is 11.8. The minimum absolute atomic E-state index is 0. The lowest BCUT2D eigenvalue weighted by Crippen LogP contribution is -2.35. The number of ether oxygens (including phenoxy) is 5. The predicted molar refractivity (Wildman–Crippen MR) is 470 cm³/mol. The molecule has 39 heteroatoms. The second kappa shape index (κ2) is 45.1. The third-order valence-electron chi connectivity index (χ3n) is 12.7. The highest BCUT2D eigenvalue weighted by molar-refractivity contribution is 14.1. The number of nitrogens with two attached hydrogens (primary N) is 2. The summed E-state index contributed by atoms with van der Waals surface area (Å²) < 4.78 is 66.9. The van der Waals surface area contributed by atoms with Crippen LogP contribution in [0.3, 0.4) is 0 Å². The monoisotopic (exact) mass is 1830 g/mol. The van der Waals surface area contributed by atoms with E-state index in [4.69, 9.17) is 92.6 Å². The maximum absolute atomic E-state index is 12.3. The number of rotatable bonds is 14. The Morgan fingerprint density at radius 2 is 0.840 bits per heavy atom. The lowest BCUT2D eigenvalue weighted by atomic mass is 10.2. The first-order chi connectivity index (χ1) is 46.9. The van der Waals surface area contributed by atoms with Gasteiger partial charge in [0.2, 0.25) is 36.1 Å². The molecule has 0 aliphatic heterocycles. The van der Waals surface area contributed by atoms with Crippen LogP contribution in [-0.4, -0.2) is 127 Å². The Labute approximate surface area is 694 Å². The van der Waals surface area contributed by atoms with Gasteiger partial charge in [0, 0.05) is 32.6 Å². The molecule has 588 valence electrons. The van der Waals surface area contributed by atoms with Gasteiger partial charge in [-0.05, 0) is 167 Å². The van der Waals surface area contributed by atoms with Gasteiger partial charge in [-0.2, -0.15) is 58.4 Å². The highest BCUT2D eigenvalue weighted by Gasteiger charge is 2.28. The van der Waals surface area contributed by atoms with Crippen LogP contribution in [-0.2, 0) is 37.7 Å². The fraction of sp³-hybridized carbons (Fsp3) is 0.388. The molecule has 10 rings (SSSR count). The smallest absolute Gasteiger partial charge is 0.271 e. The van der Waals surface area contributed by atoms with Crippen LogP contribution < -0.4 is 40.1 Å². The number of aromatic amines is 1. The van der Waals surface area contributed by atoms with E-state index in [1.807, 2.05) is 69.2 Å². The summed E-state index contributed by atoms with van der Waals surface area (Å²) in [5.74, 6) is 0.802. The number of methoxy groups -OCH3 is 4. The van der Waals surface area contributed by atoms with Crippen LogP contribution in [0.25, 0.3) is 55.2 Å². The van der Waals surface area contributed by atoms with Gasteiger partial charge in [0.1, 0.15) is 33.6 Å². The Hall–Kier alpha value is -4.52. The fourth-order valence-electron chi connectivity index (χ4n) is 7.67. The molecule has 10 aromatic rings. The van der Waals surface area contributed by atoms with E-state index in [-0.39, 0.29) is 107 Å². The van der Waals surface area contributed by atoms with Gasteiger partial charge >= 0.3 is 0 Å². The molecular formula is C67H96Cl5IN14O11S7Si. The highest BCUT2D eigenvalue weighted by atomic mass is 127. The Balaban J connectivity index is 0. The van der Waals surface area contributed by atoms with Crippen molar-refractivity contribution in [2.24, 2.45) is 15.3 Å².